The molecule has 0 aliphatic heterocycles. The fourth-order valence-corrected chi connectivity index (χ4v) is 2.83. The Bertz CT molecular complexity index is 670. The van der Waals surface area contributed by atoms with Gasteiger partial charge >= 0.3 is 0 Å². The van der Waals surface area contributed by atoms with Gasteiger partial charge < -0.3 is 10.2 Å². The number of unbranched alkanes of at least 4 members (excludes halogenated alkanes) is 10. The first-order valence-electron chi connectivity index (χ1n) is 11.9. The molecule has 0 aliphatic carbocycles. The third-order valence-electron chi connectivity index (χ3n) is 4.68. The molecule has 0 rings (SSSR count). The standard InChI is InChI=1S/C30H40O2/c1-3-29(31)27-25-23-21-19-17-15-13-11-9-7-5-6-8-10-12-14-16-18-20-22-24-26-28-30(32)4-2/h1-2,5-6,25-32H,7-8,13-24H2/b6-5+,27-25+,28-26+. The zero-order valence-corrected chi connectivity index (χ0v) is 19.6. The predicted octanol–water partition coefficient (Wildman–Crippen LogP) is 6.11. The summed E-state index contributed by atoms with van der Waals surface area (Å²) >= 11 is 0. The lowest BCUT2D eigenvalue weighted by atomic mass is 10.1. The molecule has 2 nitrogen and oxygen atoms in total. The third-order valence-corrected chi connectivity index (χ3v) is 4.68. The first-order valence-corrected chi connectivity index (χ1v) is 11.9. The van der Waals surface area contributed by atoms with E-state index >= 15 is 0 Å². The Labute approximate surface area is 197 Å². The molecule has 0 amide bonds. The second-order valence-electron chi connectivity index (χ2n) is 7.57. The lowest BCUT2D eigenvalue weighted by Gasteiger charge is -1.97. The molecule has 0 aromatic heterocycles. The predicted molar refractivity (Wildman–Crippen MR) is 137 cm³/mol. The van der Waals surface area contributed by atoms with E-state index in [-0.39, 0.29) is 0 Å². The quantitative estimate of drug-likeness (QED) is 0.175. The number of terminal acetylenes is 2. The number of hydrogen-bond acceptors (Lipinski definition) is 2. The molecule has 2 heteroatoms. The molecule has 2 N–H and O–H groups in total. The van der Waals surface area contributed by atoms with Gasteiger partial charge in [0.2, 0.25) is 0 Å². The molecular weight excluding hydrogens is 392 g/mol. The summed E-state index contributed by atoms with van der Waals surface area (Å²) in [5.74, 6) is 17.4. The topological polar surface area (TPSA) is 40.5 Å². The van der Waals surface area contributed by atoms with E-state index in [0.29, 0.717) is 0 Å². The van der Waals surface area contributed by atoms with E-state index in [2.05, 4.69) is 47.7 Å². The van der Waals surface area contributed by atoms with Crippen molar-refractivity contribution in [2.45, 2.75) is 102 Å². The average molecular weight is 433 g/mol. The van der Waals surface area contributed by atoms with Crippen LogP contribution in [0.1, 0.15) is 89.9 Å². The van der Waals surface area contributed by atoms with Gasteiger partial charge in [0.1, 0.15) is 12.2 Å². The Morgan fingerprint density at radius 2 is 0.938 bits per heavy atom. The lowest BCUT2D eigenvalue weighted by Crippen LogP contribution is -1.95. The minimum atomic E-state index is -0.747. The molecule has 0 aromatic carbocycles. The van der Waals surface area contributed by atoms with Crippen LogP contribution in [0.3, 0.4) is 0 Å². The zero-order valence-electron chi connectivity index (χ0n) is 19.6. The fourth-order valence-electron chi connectivity index (χ4n) is 2.83. The normalized spacial score (nSPS) is 12.6. The highest BCUT2D eigenvalue weighted by Crippen LogP contribution is 2.06. The summed E-state index contributed by atoms with van der Waals surface area (Å²) in [5.41, 5.74) is 0. The van der Waals surface area contributed by atoms with Crippen molar-refractivity contribution in [1.29, 1.82) is 0 Å². The molecule has 0 aliphatic rings. The van der Waals surface area contributed by atoms with Crippen LogP contribution in [0.2, 0.25) is 0 Å². The SMILES string of the molecule is C#CC(O)/C=C/CCCCCCC#CC/C=C/CC#CCCCCCC/C=C/C(O)C#C. The molecule has 172 valence electrons. The summed E-state index contributed by atoms with van der Waals surface area (Å²) in [6, 6.07) is 0. The lowest BCUT2D eigenvalue weighted by molar-refractivity contribution is 0.280. The van der Waals surface area contributed by atoms with Crippen molar-refractivity contribution in [1.82, 2.24) is 0 Å². The van der Waals surface area contributed by atoms with Crippen molar-refractivity contribution in [3.63, 3.8) is 0 Å². The third kappa shape index (κ3) is 23.7. The Kier molecular flexibility index (Phi) is 22.6. The molecule has 0 saturated heterocycles. The maximum Gasteiger partial charge on any atom is 0.133 e. The zero-order chi connectivity index (χ0) is 23.5. The summed E-state index contributed by atoms with van der Waals surface area (Å²) < 4.78 is 0. The number of hydrogen-bond donors (Lipinski definition) is 2. The minimum Gasteiger partial charge on any atom is -0.377 e. The summed E-state index contributed by atoms with van der Waals surface area (Å²) in [7, 11) is 0. The largest absolute Gasteiger partial charge is 0.377 e. The van der Waals surface area contributed by atoms with Gasteiger partial charge in [-0.05, 0) is 50.7 Å². The van der Waals surface area contributed by atoms with Crippen LogP contribution >= 0.6 is 0 Å². The van der Waals surface area contributed by atoms with Crippen LogP contribution < -0.4 is 0 Å². The number of allylic oxidation sites excluding steroid dienone is 4. The molecule has 0 radical (unpaired) electrons. The van der Waals surface area contributed by atoms with Gasteiger partial charge in [0, 0.05) is 25.7 Å². The fraction of sp³-hybridized carbons (Fsp3) is 0.533. The Hall–Kier alpha value is -2.62. The summed E-state index contributed by atoms with van der Waals surface area (Å²) in [4.78, 5) is 0. The molecule has 0 aromatic rings. The average Bonchev–Trinajstić information content (AvgIpc) is 2.81. The molecule has 2 atom stereocenters. The van der Waals surface area contributed by atoms with E-state index in [1.807, 2.05) is 12.2 Å². The first kappa shape index (κ1) is 29.4. The maximum atomic E-state index is 9.19. The Morgan fingerprint density at radius 3 is 1.34 bits per heavy atom. The van der Waals surface area contributed by atoms with Gasteiger partial charge in [0.15, 0.2) is 0 Å². The van der Waals surface area contributed by atoms with Crippen molar-refractivity contribution >= 4 is 0 Å². The van der Waals surface area contributed by atoms with E-state index < -0.39 is 12.2 Å². The van der Waals surface area contributed by atoms with Crippen molar-refractivity contribution in [2.24, 2.45) is 0 Å². The Balaban J connectivity index is 3.45. The highest BCUT2D eigenvalue weighted by Gasteiger charge is 1.91. The van der Waals surface area contributed by atoms with E-state index in [4.69, 9.17) is 12.8 Å². The van der Waals surface area contributed by atoms with Gasteiger partial charge in [-0.3, -0.25) is 0 Å². The van der Waals surface area contributed by atoms with Gasteiger partial charge in [0.25, 0.3) is 0 Å². The van der Waals surface area contributed by atoms with Crippen LogP contribution in [0.25, 0.3) is 0 Å². The highest BCUT2D eigenvalue weighted by molar-refractivity contribution is 5.09. The molecular formula is C30H40O2. The number of aliphatic hydroxyl groups is 2. The van der Waals surface area contributed by atoms with Crippen LogP contribution in [-0.4, -0.2) is 22.4 Å². The Morgan fingerprint density at radius 1 is 0.531 bits per heavy atom. The van der Waals surface area contributed by atoms with Gasteiger partial charge in [0.05, 0.1) is 0 Å². The van der Waals surface area contributed by atoms with Gasteiger partial charge in [-0.25, -0.2) is 0 Å². The molecule has 0 spiro atoms. The van der Waals surface area contributed by atoms with Gasteiger partial charge in [-0.1, -0.05) is 73.7 Å². The molecule has 0 fully saturated rings. The molecule has 0 bridgehead atoms. The minimum absolute atomic E-state index is 0.747. The summed E-state index contributed by atoms with van der Waals surface area (Å²) in [6.45, 7) is 0. The van der Waals surface area contributed by atoms with Crippen LogP contribution in [0.4, 0.5) is 0 Å². The molecule has 32 heavy (non-hydrogen) atoms. The van der Waals surface area contributed by atoms with Gasteiger partial charge in [-0.15, -0.1) is 24.7 Å². The van der Waals surface area contributed by atoms with Crippen LogP contribution in [-0.2, 0) is 0 Å². The van der Waals surface area contributed by atoms with Crippen LogP contribution in [0.5, 0.6) is 0 Å². The smallest absolute Gasteiger partial charge is 0.133 e. The van der Waals surface area contributed by atoms with Crippen molar-refractivity contribution in [2.75, 3.05) is 0 Å². The van der Waals surface area contributed by atoms with Crippen LogP contribution in [0, 0.1) is 48.4 Å². The van der Waals surface area contributed by atoms with E-state index in [9.17, 15) is 10.2 Å². The summed E-state index contributed by atoms with van der Waals surface area (Å²) in [5, 5.41) is 18.4. The van der Waals surface area contributed by atoms with E-state index in [0.717, 1.165) is 64.2 Å². The van der Waals surface area contributed by atoms with Crippen LogP contribution in [0.15, 0.2) is 36.5 Å². The highest BCUT2D eigenvalue weighted by atomic mass is 16.3. The molecule has 0 saturated carbocycles. The number of rotatable bonds is 16. The summed E-state index contributed by atoms with van der Waals surface area (Å²) in [6.07, 6.45) is 34.9. The molecule has 0 heterocycles. The maximum absolute atomic E-state index is 9.19. The number of aliphatic hydroxyl groups excluding tert-OH is 2. The molecule has 2 unspecified atom stereocenters. The second kappa shape index (κ2) is 24.6. The van der Waals surface area contributed by atoms with Crippen molar-refractivity contribution in [3.8, 4) is 48.4 Å². The van der Waals surface area contributed by atoms with E-state index in [1.165, 1.54) is 25.7 Å². The monoisotopic (exact) mass is 432 g/mol. The first-order chi connectivity index (χ1) is 15.7. The van der Waals surface area contributed by atoms with Gasteiger partial charge in [-0.2, -0.15) is 0 Å². The van der Waals surface area contributed by atoms with Crippen molar-refractivity contribution in [3.05, 3.63) is 36.5 Å². The van der Waals surface area contributed by atoms with Crippen molar-refractivity contribution < 1.29 is 10.2 Å². The second-order valence-corrected chi connectivity index (χ2v) is 7.57. The van der Waals surface area contributed by atoms with E-state index in [1.54, 1.807) is 12.2 Å².